The summed E-state index contributed by atoms with van der Waals surface area (Å²) >= 11 is 0. The molecule has 0 aromatic heterocycles. The lowest BCUT2D eigenvalue weighted by Crippen LogP contribution is -2.39. The molecule has 1 aliphatic carbocycles. The van der Waals surface area contributed by atoms with Gasteiger partial charge in [0.05, 0.1) is 13.2 Å². The van der Waals surface area contributed by atoms with Crippen LogP contribution in [0.1, 0.15) is 61.4 Å². The summed E-state index contributed by atoms with van der Waals surface area (Å²) in [4.78, 5) is 12.7. The zero-order valence-electron chi connectivity index (χ0n) is 31.1. The van der Waals surface area contributed by atoms with Gasteiger partial charge in [0.15, 0.2) is 0 Å². The summed E-state index contributed by atoms with van der Waals surface area (Å²) in [6.07, 6.45) is 8.01. The Balaban J connectivity index is 0.000000195. The molecule has 5 heteroatoms. The van der Waals surface area contributed by atoms with Crippen LogP contribution < -0.4 is 9.47 Å². The van der Waals surface area contributed by atoms with Gasteiger partial charge in [-0.25, -0.2) is 0 Å². The number of ether oxygens (including phenoxy) is 4. The van der Waals surface area contributed by atoms with Crippen molar-refractivity contribution in [1.82, 2.24) is 0 Å². The van der Waals surface area contributed by atoms with E-state index in [4.69, 9.17) is 18.9 Å². The maximum absolute atomic E-state index is 12.7. The van der Waals surface area contributed by atoms with Crippen molar-refractivity contribution in [3.05, 3.63) is 145 Å². The molecule has 1 aliphatic heterocycles. The molecule has 0 saturated heterocycles. The summed E-state index contributed by atoms with van der Waals surface area (Å²) in [5.74, 6) is 2.35. The Morgan fingerprint density at radius 3 is 1.60 bits per heavy atom. The maximum atomic E-state index is 12.7. The monoisotopic (exact) mass is 706 g/mol. The van der Waals surface area contributed by atoms with Crippen LogP contribution in [-0.4, -0.2) is 33.2 Å². The van der Waals surface area contributed by atoms with Gasteiger partial charge in [-0.05, 0) is 58.4 Å². The van der Waals surface area contributed by atoms with Crippen LogP contribution in [0.4, 0.5) is 0 Å². The minimum atomic E-state index is -1.40. The van der Waals surface area contributed by atoms with Gasteiger partial charge in [-0.3, -0.25) is 4.79 Å². The van der Waals surface area contributed by atoms with Gasteiger partial charge >= 0.3 is 0 Å². The second-order valence-electron chi connectivity index (χ2n) is 14.4. The molecule has 0 N–H and O–H groups in total. The van der Waals surface area contributed by atoms with Crippen LogP contribution in [0, 0.1) is 17.8 Å². The van der Waals surface area contributed by atoms with Gasteiger partial charge in [0, 0.05) is 42.4 Å². The van der Waals surface area contributed by atoms with E-state index in [1.807, 2.05) is 48.5 Å². The number of Topliss-reactive ketones (excluding diaryl/α,β-unsaturated/α-hetero) is 1. The number of hydrogen-bond donors (Lipinski definition) is 0. The highest BCUT2D eigenvalue weighted by Crippen LogP contribution is 2.47. The highest BCUT2D eigenvalue weighted by Gasteiger charge is 2.41. The fraction of sp³-hybridized carbons (Fsp3) is 0.312. The molecule has 6 aromatic rings. The molecule has 53 heavy (non-hydrogen) atoms. The molecular formula is C48H50O5. The van der Waals surface area contributed by atoms with Crippen molar-refractivity contribution in [3.63, 3.8) is 0 Å². The zero-order chi connectivity index (χ0) is 36.6. The summed E-state index contributed by atoms with van der Waals surface area (Å²) in [6.45, 7) is 3.76. The molecule has 0 bridgehead atoms. The van der Waals surface area contributed by atoms with Crippen LogP contribution in [0.25, 0.3) is 32.7 Å². The second-order valence-corrected chi connectivity index (χ2v) is 14.4. The molecule has 5 nitrogen and oxygen atoms in total. The van der Waals surface area contributed by atoms with Crippen molar-refractivity contribution >= 4 is 27.3 Å². The number of rotatable bonds is 8. The van der Waals surface area contributed by atoms with Gasteiger partial charge in [-0.2, -0.15) is 0 Å². The lowest BCUT2D eigenvalue weighted by molar-refractivity contribution is -0.176. The van der Waals surface area contributed by atoms with Crippen LogP contribution in [0.2, 0.25) is 0 Å². The van der Waals surface area contributed by atoms with Crippen molar-refractivity contribution in [2.45, 2.75) is 51.2 Å². The maximum Gasteiger partial charge on any atom is 0.260 e. The summed E-state index contributed by atoms with van der Waals surface area (Å²) < 4.78 is 24.2. The van der Waals surface area contributed by atoms with E-state index in [-0.39, 0.29) is 5.78 Å². The van der Waals surface area contributed by atoms with Gasteiger partial charge in [0.1, 0.15) is 11.5 Å². The second kappa shape index (κ2) is 16.8. The number of benzene rings is 6. The Hall–Kier alpha value is -4.97. The first kappa shape index (κ1) is 36.4. The largest absolute Gasteiger partial charge is 0.492 e. The number of carbonyl (C=O) groups excluding carboxylic acids is 1. The Morgan fingerprint density at radius 1 is 0.604 bits per heavy atom. The molecule has 0 radical (unpaired) electrons. The van der Waals surface area contributed by atoms with Gasteiger partial charge in [0.2, 0.25) is 5.78 Å². The fourth-order valence-electron chi connectivity index (χ4n) is 8.40. The van der Waals surface area contributed by atoms with E-state index in [0.717, 1.165) is 41.8 Å². The van der Waals surface area contributed by atoms with Gasteiger partial charge in [-0.15, -0.1) is 0 Å². The normalized spacial score (nSPS) is 17.5. The standard InChI is InChI=1S/C32H34O2.C16H16O3/c1-2-7-22-12-14-23(15-13-22)26-20-33-29-18-16-24-8-3-5-10-27(24)31(29)32-28-11-6-4-9-25(28)17-19-30(32)34-21-26;1-18-16(19-2,14-11-7-4-8-12-14)15(17)13-9-5-3-6-10-13/h3-6,8-11,16-19,22-23,26H,2,7,12-15,20-21H2,1H3;3-12H,1-2H3. The molecule has 0 spiro atoms. The van der Waals surface area contributed by atoms with Crippen LogP contribution in [0.15, 0.2) is 133 Å². The van der Waals surface area contributed by atoms with E-state index < -0.39 is 5.79 Å². The highest BCUT2D eigenvalue weighted by molar-refractivity contribution is 6.09. The van der Waals surface area contributed by atoms with Crippen LogP contribution in [-0.2, 0) is 15.3 Å². The predicted molar refractivity (Wildman–Crippen MR) is 215 cm³/mol. The molecule has 1 heterocycles. The third-order valence-corrected chi connectivity index (χ3v) is 11.3. The number of methoxy groups -OCH3 is 2. The van der Waals surface area contributed by atoms with E-state index in [9.17, 15) is 4.79 Å². The number of hydrogen-bond acceptors (Lipinski definition) is 5. The topological polar surface area (TPSA) is 54.0 Å². The van der Waals surface area contributed by atoms with Crippen molar-refractivity contribution in [2.24, 2.45) is 17.8 Å². The zero-order valence-corrected chi connectivity index (χ0v) is 31.1. The van der Waals surface area contributed by atoms with Crippen LogP contribution in [0.5, 0.6) is 11.5 Å². The van der Waals surface area contributed by atoms with Crippen molar-refractivity contribution in [3.8, 4) is 22.6 Å². The third-order valence-electron chi connectivity index (χ3n) is 11.3. The first-order valence-corrected chi connectivity index (χ1v) is 19.1. The van der Waals surface area contributed by atoms with Crippen molar-refractivity contribution in [2.75, 3.05) is 27.4 Å². The molecule has 1 saturated carbocycles. The minimum absolute atomic E-state index is 0.218. The van der Waals surface area contributed by atoms with Gasteiger partial charge < -0.3 is 18.9 Å². The average Bonchev–Trinajstić information content (AvgIpc) is 3.31. The Labute approximate surface area is 313 Å². The van der Waals surface area contributed by atoms with E-state index in [1.54, 1.807) is 12.1 Å². The van der Waals surface area contributed by atoms with E-state index in [1.165, 1.54) is 74.3 Å². The summed E-state index contributed by atoms with van der Waals surface area (Å²) in [7, 11) is 2.94. The molecule has 0 amide bonds. The summed E-state index contributed by atoms with van der Waals surface area (Å²) in [5.41, 5.74) is 3.55. The molecule has 0 unspecified atom stereocenters. The first-order chi connectivity index (χ1) is 26.1. The SMILES string of the molecule is CCCC1CCC(C2COc3ccc4ccccc4c3-c3c(ccc4ccccc34)OC2)CC1.COC(OC)(C(=O)c1ccccc1)c1ccccc1. The molecule has 8 rings (SSSR count). The van der Waals surface area contributed by atoms with E-state index in [0.29, 0.717) is 23.0 Å². The smallest absolute Gasteiger partial charge is 0.260 e. The van der Waals surface area contributed by atoms with E-state index in [2.05, 4.69) is 79.7 Å². The quantitative estimate of drug-likeness (QED) is 0.116. The molecule has 1 fully saturated rings. The Morgan fingerprint density at radius 2 is 1.09 bits per heavy atom. The highest BCUT2D eigenvalue weighted by atomic mass is 16.7. The molecule has 2 aliphatic rings. The summed E-state index contributed by atoms with van der Waals surface area (Å²) in [6, 6.07) is 44.2. The number of ketones is 1. The van der Waals surface area contributed by atoms with E-state index >= 15 is 0 Å². The van der Waals surface area contributed by atoms with Gasteiger partial charge in [0.25, 0.3) is 5.79 Å². The first-order valence-electron chi connectivity index (χ1n) is 19.1. The summed E-state index contributed by atoms with van der Waals surface area (Å²) in [5, 5.41) is 4.90. The minimum Gasteiger partial charge on any atom is -0.492 e. The Kier molecular flexibility index (Phi) is 11.5. The van der Waals surface area contributed by atoms with Crippen LogP contribution >= 0.6 is 0 Å². The lowest BCUT2D eigenvalue weighted by atomic mass is 9.75. The lowest BCUT2D eigenvalue weighted by Gasteiger charge is -2.33. The van der Waals surface area contributed by atoms with Crippen LogP contribution in [0.3, 0.4) is 0 Å². The molecular weight excluding hydrogens is 657 g/mol. The number of carbonyl (C=O) groups is 1. The number of fused-ring (bicyclic) bond motifs is 7. The van der Waals surface area contributed by atoms with Crippen molar-refractivity contribution < 1.29 is 23.7 Å². The molecule has 6 aromatic carbocycles. The third kappa shape index (κ3) is 7.60. The van der Waals surface area contributed by atoms with Gasteiger partial charge in [-0.1, -0.05) is 154 Å². The van der Waals surface area contributed by atoms with Crippen molar-refractivity contribution in [1.29, 1.82) is 0 Å². The molecule has 272 valence electrons. The average molecular weight is 707 g/mol. The predicted octanol–water partition coefficient (Wildman–Crippen LogP) is 11.7. The Bertz CT molecular complexity index is 2020. The fourth-order valence-corrected chi connectivity index (χ4v) is 8.40. The molecule has 0 atom stereocenters.